The standard InChI is InChI=1S/C44H30N4/c1-5-13-29(14-6-1)41-33-27-40(45-28-33)44(32-19-11-4-12-20-32)39-26-25-38(48-39)43(31-17-9-3-10-18-31)37-24-23-36(47-37)42(30-15-7-2-8-16-30)35-22-21-34(41)46-35/h1-28,45,47H. The van der Waals surface area contributed by atoms with Crippen LogP contribution in [0.15, 0.2) is 191 Å². The highest BCUT2D eigenvalue weighted by atomic mass is 14.8. The second kappa shape index (κ2) is 11.7. The number of benzene rings is 4. The molecule has 0 radical (unpaired) electrons. The van der Waals surface area contributed by atoms with Crippen LogP contribution in [-0.4, -0.2) is 21.4 Å². The lowest BCUT2D eigenvalue weighted by atomic mass is 9.96. The predicted octanol–water partition coefficient (Wildman–Crippen LogP) is 8.00. The number of allylic oxidation sites excluding steroid dienone is 4. The number of aromatic amines is 2. The first kappa shape index (κ1) is 27.8. The van der Waals surface area contributed by atoms with Crippen LogP contribution in [0.5, 0.6) is 0 Å². The van der Waals surface area contributed by atoms with E-state index in [0.717, 1.165) is 89.3 Å². The molecule has 226 valence electrons. The van der Waals surface area contributed by atoms with Crippen molar-refractivity contribution in [2.24, 2.45) is 9.98 Å². The van der Waals surface area contributed by atoms with Gasteiger partial charge < -0.3 is 9.97 Å². The van der Waals surface area contributed by atoms with Gasteiger partial charge in [-0.05, 0) is 64.8 Å². The van der Waals surface area contributed by atoms with E-state index in [9.17, 15) is 0 Å². The largest absolute Gasteiger partial charge is 0.360 e. The van der Waals surface area contributed by atoms with Crippen molar-refractivity contribution in [2.75, 3.05) is 0 Å². The van der Waals surface area contributed by atoms with E-state index in [4.69, 9.17) is 9.98 Å². The lowest BCUT2D eigenvalue weighted by molar-refractivity contribution is 1.25. The molecular weight excluding hydrogens is 585 g/mol. The summed E-state index contributed by atoms with van der Waals surface area (Å²) in [5.41, 5.74) is 14.3. The van der Waals surface area contributed by atoms with Gasteiger partial charge in [0.15, 0.2) is 0 Å². The van der Waals surface area contributed by atoms with Gasteiger partial charge in [0.2, 0.25) is 0 Å². The predicted molar refractivity (Wildman–Crippen MR) is 197 cm³/mol. The number of hydrogen-bond acceptors (Lipinski definition) is 2. The minimum atomic E-state index is 0.906. The van der Waals surface area contributed by atoms with Crippen molar-refractivity contribution >= 4 is 33.7 Å². The molecule has 48 heavy (non-hydrogen) atoms. The van der Waals surface area contributed by atoms with Crippen LogP contribution in [0.4, 0.5) is 0 Å². The van der Waals surface area contributed by atoms with Gasteiger partial charge in [0, 0.05) is 50.4 Å². The molecule has 9 rings (SSSR count). The van der Waals surface area contributed by atoms with E-state index in [1.165, 1.54) is 0 Å². The van der Waals surface area contributed by atoms with Gasteiger partial charge in [0.1, 0.15) is 0 Å². The third kappa shape index (κ3) is 4.88. The lowest BCUT2D eigenvalue weighted by Crippen LogP contribution is -2.21. The van der Waals surface area contributed by atoms with E-state index in [1.807, 2.05) is 12.1 Å². The van der Waals surface area contributed by atoms with Crippen molar-refractivity contribution < 1.29 is 0 Å². The zero-order valence-electron chi connectivity index (χ0n) is 26.1. The SMILES string of the molecule is C1=CC2=C(c3ccccc3)c3c[nH]c(c3)C(c3ccccc3)=C3C=CC(=N3)C(c3ccccc3)=c3ccc([nH]3)=C(c3ccccc3)C1=N2. The summed E-state index contributed by atoms with van der Waals surface area (Å²) in [6.45, 7) is 0. The van der Waals surface area contributed by atoms with Crippen molar-refractivity contribution in [2.45, 2.75) is 0 Å². The van der Waals surface area contributed by atoms with E-state index in [-0.39, 0.29) is 0 Å². The zero-order chi connectivity index (χ0) is 31.9. The Morgan fingerprint density at radius 2 is 0.792 bits per heavy atom. The van der Waals surface area contributed by atoms with E-state index in [0.29, 0.717) is 0 Å². The summed E-state index contributed by atoms with van der Waals surface area (Å²) in [5, 5.41) is 1.99. The van der Waals surface area contributed by atoms with E-state index in [1.54, 1.807) is 0 Å². The number of nitrogens with one attached hydrogen (secondary N) is 2. The molecule has 3 aliphatic rings. The minimum absolute atomic E-state index is 0.906. The highest BCUT2D eigenvalue weighted by molar-refractivity contribution is 6.31. The Bertz CT molecular complexity index is 2330. The Morgan fingerprint density at radius 1 is 0.375 bits per heavy atom. The highest BCUT2D eigenvalue weighted by Gasteiger charge is 2.23. The van der Waals surface area contributed by atoms with E-state index >= 15 is 0 Å². The van der Waals surface area contributed by atoms with Crippen LogP contribution in [0.25, 0.3) is 22.3 Å². The van der Waals surface area contributed by atoms with Crippen molar-refractivity contribution in [1.82, 2.24) is 9.97 Å². The summed E-state index contributed by atoms with van der Waals surface area (Å²) in [5.74, 6) is 0. The van der Waals surface area contributed by atoms with Gasteiger partial charge in [0.25, 0.3) is 0 Å². The number of nitrogens with zero attached hydrogens (tertiary/aromatic N) is 2. The molecule has 4 nitrogen and oxygen atoms in total. The molecule has 4 heteroatoms. The molecule has 3 aliphatic heterocycles. The number of fused-ring (bicyclic) bond motifs is 6. The van der Waals surface area contributed by atoms with Gasteiger partial charge >= 0.3 is 0 Å². The Morgan fingerprint density at radius 3 is 1.27 bits per heavy atom. The average molecular weight is 615 g/mol. The molecule has 4 aromatic carbocycles. The van der Waals surface area contributed by atoms with Crippen LogP contribution >= 0.6 is 0 Å². The first-order valence-electron chi connectivity index (χ1n) is 16.2. The zero-order valence-corrected chi connectivity index (χ0v) is 26.1. The quantitative estimate of drug-likeness (QED) is 0.202. The normalized spacial score (nSPS) is 15.3. The third-order valence-corrected chi connectivity index (χ3v) is 9.02. The average Bonchev–Trinajstić information content (AvgIpc) is 3.98. The highest BCUT2D eigenvalue weighted by Crippen LogP contribution is 2.36. The number of aliphatic imine (C=N–C) groups is 2. The maximum atomic E-state index is 5.35. The van der Waals surface area contributed by atoms with Gasteiger partial charge in [-0.3, -0.25) is 0 Å². The Labute approximate surface area is 278 Å². The summed E-state index contributed by atoms with van der Waals surface area (Å²) in [7, 11) is 0. The Kier molecular flexibility index (Phi) is 6.76. The molecule has 0 saturated heterocycles. The van der Waals surface area contributed by atoms with Gasteiger partial charge in [-0.15, -0.1) is 0 Å². The summed E-state index contributed by atoms with van der Waals surface area (Å²) >= 11 is 0. The second-order valence-corrected chi connectivity index (χ2v) is 12.0. The Balaban J connectivity index is 1.42. The third-order valence-electron chi connectivity index (χ3n) is 9.02. The maximum Gasteiger partial charge on any atom is 0.0737 e. The second-order valence-electron chi connectivity index (χ2n) is 12.0. The fourth-order valence-corrected chi connectivity index (χ4v) is 6.86. The summed E-state index contributed by atoms with van der Waals surface area (Å²) < 4.78 is 0. The number of hydrogen-bond donors (Lipinski definition) is 2. The first-order chi connectivity index (χ1) is 23.8. The van der Waals surface area contributed by atoms with Crippen LogP contribution in [0.1, 0.15) is 33.5 Å². The number of aromatic nitrogens is 2. The lowest BCUT2D eigenvalue weighted by Gasteiger charge is -2.11. The molecule has 0 fully saturated rings. The molecule has 0 spiro atoms. The molecule has 5 heterocycles. The molecule has 6 aromatic rings. The molecule has 0 aliphatic carbocycles. The van der Waals surface area contributed by atoms with Crippen molar-refractivity contribution in [3.05, 3.63) is 226 Å². The van der Waals surface area contributed by atoms with Crippen LogP contribution in [-0.2, 0) is 0 Å². The van der Waals surface area contributed by atoms with Crippen molar-refractivity contribution in [3.8, 4) is 0 Å². The number of rotatable bonds is 4. The van der Waals surface area contributed by atoms with Crippen molar-refractivity contribution in [1.29, 1.82) is 0 Å². The summed E-state index contributed by atoms with van der Waals surface area (Å²) in [4.78, 5) is 18.1. The smallest absolute Gasteiger partial charge is 0.0737 e. The molecule has 0 unspecified atom stereocenters. The molecular formula is C44H30N4. The monoisotopic (exact) mass is 614 g/mol. The van der Waals surface area contributed by atoms with Crippen molar-refractivity contribution in [3.63, 3.8) is 0 Å². The molecule has 2 N–H and O–H groups in total. The van der Waals surface area contributed by atoms with Crippen LogP contribution in [0.2, 0.25) is 0 Å². The summed E-state index contributed by atoms with van der Waals surface area (Å²) in [6, 6.07) is 48.6. The van der Waals surface area contributed by atoms with Gasteiger partial charge in [-0.25, -0.2) is 9.98 Å². The Hall–Kier alpha value is -6.52. The molecule has 0 atom stereocenters. The van der Waals surface area contributed by atoms with Crippen LogP contribution in [0, 0.1) is 0 Å². The molecule has 2 aromatic heterocycles. The van der Waals surface area contributed by atoms with Gasteiger partial charge in [-0.2, -0.15) is 0 Å². The first-order valence-corrected chi connectivity index (χ1v) is 16.2. The summed E-state index contributed by atoms with van der Waals surface area (Å²) in [6.07, 6.45) is 10.6. The van der Waals surface area contributed by atoms with E-state index in [2.05, 4.69) is 168 Å². The van der Waals surface area contributed by atoms with Gasteiger partial charge in [-0.1, -0.05) is 121 Å². The van der Waals surface area contributed by atoms with Crippen LogP contribution in [0.3, 0.4) is 0 Å². The fraction of sp³-hybridized carbons (Fsp3) is 0. The molecule has 0 saturated carbocycles. The van der Waals surface area contributed by atoms with E-state index < -0.39 is 0 Å². The topological polar surface area (TPSA) is 56.3 Å². The number of H-pyrrole nitrogens is 2. The molecule has 0 amide bonds. The van der Waals surface area contributed by atoms with Gasteiger partial charge in [0.05, 0.1) is 22.8 Å². The fourth-order valence-electron chi connectivity index (χ4n) is 6.86. The maximum absolute atomic E-state index is 5.35. The van der Waals surface area contributed by atoms with Crippen LogP contribution < -0.4 is 10.7 Å². The minimum Gasteiger partial charge on any atom is -0.360 e. The molecule has 8 bridgehead atoms.